The molecule has 3 heteroatoms. The second-order valence-electron chi connectivity index (χ2n) is 7.44. The molecule has 2 N–H and O–H groups in total. The van der Waals surface area contributed by atoms with Crippen molar-refractivity contribution in [3.8, 4) is 0 Å². The zero-order valence-corrected chi connectivity index (χ0v) is 13.9. The Morgan fingerprint density at radius 2 is 1.75 bits per heavy atom. The van der Waals surface area contributed by atoms with Crippen molar-refractivity contribution in [1.29, 1.82) is 0 Å². The average molecular weight is 282 g/mol. The largest absolute Gasteiger partial charge is 0.355 e. The summed E-state index contributed by atoms with van der Waals surface area (Å²) >= 11 is 0. The van der Waals surface area contributed by atoms with Gasteiger partial charge in [-0.2, -0.15) is 0 Å². The Morgan fingerprint density at radius 3 is 2.30 bits per heavy atom. The quantitative estimate of drug-likeness (QED) is 0.681. The summed E-state index contributed by atoms with van der Waals surface area (Å²) < 4.78 is 0. The van der Waals surface area contributed by atoms with Gasteiger partial charge in [0.2, 0.25) is 5.91 Å². The Labute approximate surface area is 125 Å². The third-order valence-corrected chi connectivity index (χ3v) is 4.33. The Bertz CT molecular complexity index is 281. The van der Waals surface area contributed by atoms with Crippen molar-refractivity contribution in [2.75, 3.05) is 19.6 Å². The maximum absolute atomic E-state index is 11.8. The molecule has 0 atom stereocenters. The van der Waals surface area contributed by atoms with Gasteiger partial charge in [-0.25, -0.2) is 0 Å². The number of carbonyl (C=O) groups excluding carboxylic acids is 1. The van der Waals surface area contributed by atoms with Crippen LogP contribution >= 0.6 is 0 Å². The molecule has 0 unspecified atom stereocenters. The molecule has 1 rings (SSSR count). The minimum Gasteiger partial charge on any atom is -0.355 e. The smallest absolute Gasteiger partial charge is 0.233 e. The lowest BCUT2D eigenvalue weighted by Crippen LogP contribution is -2.40. The lowest BCUT2D eigenvalue weighted by atomic mass is 9.78. The van der Waals surface area contributed by atoms with Crippen molar-refractivity contribution in [2.45, 2.75) is 66.2 Å². The van der Waals surface area contributed by atoms with Crippen molar-refractivity contribution in [3.05, 3.63) is 0 Å². The van der Waals surface area contributed by atoms with E-state index in [-0.39, 0.29) is 5.91 Å². The van der Waals surface area contributed by atoms with E-state index in [1.807, 2.05) is 0 Å². The minimum absolute atomic E-state index is 0.142. The molecular weight excluding hydrogens is 248 g/mol. The van der Waals surface area contributed by atoms with Crippen LogP contribution in [-0.2, 0) is 4.79 Å². The van der Waals surface area contributed by atoms with Gasteiger partial charge in [0.15, 0.2) is 0 Å². The Balaban J connectivity index is 2.22. The average Bonchev–Trinajstić information content (AvgIpc) is 2.76. The summed E-state index contributed by atoms with van der Waals surface area (Å²) in [6, 6.07) is 0. The van der Waals surface area contributed by atoms with Gasteiger partial charge >= 0.3 is 0 Å². The molecule has 118 valence electrons. The lowest BCUT2D eigenvalue weighted by Gasteiger charge is -2.31. The molecule has 0 aromatic carbocycles. The maximum Gasteiger partial charge on any atom is 0.233 e. The molecule has 0 spiro atoms. The number of hydrogen-bond donors (Lipinski definition) is 2. The third kappa shape index (κ3) is 6.74. The first-order valence-electron chi connectivity index (χ1n) is 8.41. The second-order valence-corrected chi connectivity index (χ2v) is 7.44. The first-order chi connectivity index (χ1) is 9.43. The molecule has 0 saturated heterocycles. The minimum atomic E-state index is 0.142. The highest BCUT2D eigenvalue weighted by Crippen LogP contribution is 2.42. The summed E-state index contributed by atoms with van der Waals surface area (Å²) in [4.78, 5) is 11.8. The van der Waals surface area contributed by atoms with Crippen molar-refractivity contribution in [1.82, 2.24) is 10.6 Å². The van der Waals surface area contributed by atoms with E-state index in [1.54, 1.807) is 0 Å². The van der Waals surface area contributed by atoms with E-state index in [4.69, 9.17) is 0 Å². The van der Waals surface area contributed by atoms with E-state index in [1.165, 1.54) is 32.1 Å². The molecule has 1 aliphatic carbocycles. The Kier molecular flexibility index (Phi) is 7.57. The van der Waals surface area contributed by atoms with Crippen molar-refractivity contribution in [3.63, 3.8) is 0 Å². The van der Waals surface area contributed by atoms with E-state index in [9.17, 15) is 4.79 Å². The molecule has 0 radical (unpaired) electrons. The first-order valence-corrected chi connectivity index (χ1v) is 8.41. The fraction of sp³-hybridized carbons (Fsp3) is 0.941. The van der Waals surface area contributed by atoms with Crippen LogP contribution in [0, 0.1) is 17.3 Å². The van der Waals surface area contributed by atoms with Gasteiger partial charge in [0.05, 0.1) is 6.54 Å². The third-order valence-electron chi connectivity index (χ3n) is 4.33. The summed E-state index contributed by atoms with van der Waals surface area (Å²) in [6.07, 6.45) is 7.71. The number of nitrogens with one attached hydrogen (secondary N) is 2. The topological polar surface area (TPSA) is 41.1 Å². The molecule has 0 aromatic rings. The standard InChI is InChI=1S/C17H34N2O/c1-14(2)7-10-19-16(20)12-18-13-17(11-15(3)4)8-5-6-9-17/h14-15,18H,5-13H2,1-4H3,(H,19,20). The summed E-state index contributed by atoms with van der Waals surface area (Å²) in [5.74, 6) is 1.54. The molecule has 0 heterocycles. The van der Waals surface area contributed by atoms with Crippen LogP contribution in [0.5, 0.6) is 0 Å². The van der Waals surface area contributed by atoms with Crippen LogP contribution in [-0.4, -0.2) is 25.5 Å². The predicted molar refractivity (Wildman–Crippen MR) is 85.7 cm³/mol. The van der Waals surface area contributed by atoms with Crippen LogP contribution < -0.4 is 10.6 Å². The molecule has 1 amide bonds. The van der Waals surface area contributed by atoms with Gasteiger partial charge in [-0.1, -0.05) is 40.5 Å². The van der Waals surface area contributed by atoms with Gasteiger partial charge < -0.3 is 10.6 Å². The molecule has 0 bridgehead atoms. The van der Waals surface area contributed by atoms with Gasteiger partial charge in [0.1, 0.15) is 0 Å². The van der Waals surface area contributed by atoms with Crippen LogP contribution in [0.2, 0.25) is 0 Å². The molecule has 1 fully saturated rings. The molecule has 3 nitrogen and oxygen atoms in total. The molecule has 1 saturated carbocycles. The van der Waals surface area contributed by atoms with E-state index in [0.717, 1.165) is 25.4 Å². The molecule has 1 aliphatic rings. The SMILES string of the molecule is CC(C)CCNC(=O)CNCC1(CC(C)C)CCCC1. The fourth-order valence-electron chi connectivity index (χ4n) is 3.45. The van der Waals surface area contributed by atoms with Crippen LogP contribution in [0.4, 0.5) is 0 Å². The van der Waals surface area contributed by atoms with Gasteiger partial charge in [0, 0.05) is 13.1 Å². The number of amides is 1. The normalized spacial score (nSPS) is 17.9. The van der Waals surface area contributed by atoms with Gasteiger partial charge in [0.25, 0.3) is 0 Å². The summed E-state index contributed by atoms with van der Waals surface area (Å²) in [7, 11) is 0. The molecule has 20 heavy (non-hydrogen) atoms. The Hall–Kier alpha value is -0.570. The second kappa shape index (κ2) is 8.66. The number of hydrogen-bond acceptors (Lipinski definition) is 2. The van der Waals surface area contributed by atoms with Crippen LogP contribution in [0.1, 0.15) is 66.2 Å². The van der Waals surface area contributed by atoms with Gasteiger partial charge in [-0.3, -0.25) is 4.79 Å². The van der Waals surface area contributed by atoms with E-state index in [2.05, 4.69) is 38.3 Å². The van der Waals surface area contributed by atoms with Gasteiger partial charge in [-0.05, 0) is 42.9 Å². The van der Waals surface area contributed by atoms with Crippen molar-refractivity contribution in [2.24, 2.45) is 17.3 Å². The van der Waals surface area contributed by atoms with E-state index < -0.39 is 0 Å². The zero-order valence-electron chi connectivity index (χ0n) is 13.9. The van der Waals surface area contributed by atoms with E-state index in [0.29, 0.717) is 17.9 Å². The highest BCUT2D eigenvalue weighted by atomic mass is 16.1. The summed E-state index contributed by atoms with van der Waals surface area (Å²) in [5.41, 5.74) is 0.451. The lowest BCUT2D eigenvalue weighted by molar-refractivity contribution is -0.120. The fourth-order valence-corrected chi connectivity index (χ4v) is 3.45. The van der Waals surface area contributed by atoms with Gasteiger partial charge in [-0.15, -0.1) is 0 Å². The van der Waals surface area contributed by atoms with Crippen LogP contribution in [0.15, 0.2) is 0 Å². The van der Waals surface area contributed by atoms with Crippen LogP contribution in [0.25, 0.3) is 0 Å². The summed E-state index contributed by atoms with van der Waals surface area (Å²) in [5, 5.41) is 6.39. The van der Waals surface area contributed by atoms with Crippen molar-refractivity contribution < 1.29 is 4.79 Å². The molecule has 0 aromatic heterocycles. The van der Waals surface area contributed by atoms with Crippen LogP contribution in [0.3, 0.4) is 0 Å². The van der Waals surface area contributed by atoms with Crippen molar-refractivity contribution >= 4 is 5.91 Å². The number of rotatable bonds is 9. The Morgan fingerprint density at radius 1 is 1.10 bits per heavy atom. The maximum atomic E-state index is 11.8. The highest BCUT2D eigenvalue weighted by Gasteiger charge is 2.33. The molecule has 0 aliphatic heterocycles. The zero-order chi connectivity index (χ0) is 15.0. The monoisotopic (exact) mass is 282 g/mol. The van der Waals surface area contributed by atoms with E-state index >= 15 is 0 Å². The summed E-state index contributed by atoms with van der Waals surface area (Å²) in [6.45, 7) is 11.2. The number of carbonyl (C=O) groups is 1. The first kappa shape index (κ1) is 17.5. The predicted octanol–water partition coefficient (Wildman–Crippen LogP) is 3.34. The molecular formula is C17H34N2O. The highest BCUT2D eigenvalue weighted by molar-refractivity contribution is 5.77.